The summed E-state index contributed by atoms with van der Waals surface area (Å²) in [5.74, 6) is 0.864. The summed E-state index contributed by atoms with van der Waals surface area (Å²) >= 11 is 0. The van der Waals surface area contributed by atoms with Crippen LogP contribution in [0.15, 0.2) is 24.3 Å². The van der Waals surface area contributed by atoms with Gasteiger partial charge in [0.1, 0.15) is 0 Å². The average molecular weight is 232 g/mol. The normalized spacial score (nSPS) is 25.1. The molecule has 0 aliphatic carbocycles. The quantitative estimate of drug-likeness (QED) is 0.858. The smallest absolute Gasteiger partial charge is 0.0370 e. The predicted octanol–water partition coefficient (Wildman–Crippen LogP) is 3.14. The Hall–Kier alpha value is -1.02. The second-order valence-electron chi connectivity index (χ2n) is 5.43. The van der Waals surface area contributed by atoms with Crippen molar-refractivity contribution < 1.29 is 0 Å². The van der Waals surface area contributed by atoms with E-state index in [1.165, 1.54) is 24.2 Å². The highest BCUT2D eigenvalue weighted by atomic mass is 15.2. The van der Waals surface area contributed by atoms with Crippen LogP contribution in [0.2, 0.25) is 0 Å². The van der Waals surface area contributed by atoms with Gasteiger partial charge in [0, 0.05) is 31.4 Å². The van der Waals surface area contributed by atoms with Crippen molar-refractivity contribution in [2.75, 3.05) is 25.0 Å². The number of aryl methyl sites for hydroxylation is 1. The Morgan fingerprint density at radius 1 is 1.29 bits per heavy atom. The molecule has 0 radical (unpaired) electrons. The summed E-state index contributed by atoms with van der Waals surface area (Å²) in [6, 6.07) is 9.25. The Kier molecular flexibility index (Phi) is 4.06. The van der Waals surface area contributed by atoms with E-state index in [2.05, 4.69) is 55.3 Å². The monoisotopic (exact) mass is 232 g/mol. The van der Waals surface area contributed by atoms with E-state index in [9.17, 15) is 0 Å². The standard InChI is InChI=1S/C15H24N2/c1-12-10-14(3)17(11-12)9-8-16-15-7-5-4-6-13(15)2/h4-7,12,14,16H,8-11H2,1-3H3. The summed E-state index contributed by atoms with van der Waals surface area (Å²) < 4.78 is 0. The van der Waals surface area contributed by atoms with Crippen molar-refractivity contribution in [3.63, 3.8) is 0 Å². The fourth-order valence-corrected chi connectivity index (χ4v) is 2.80. The molecule has 1 aliphatic heterocycles. The third kappa shape index (κ3) is 3.22. The summed E-state index contributed by atoms with van der Waals surface area (Å²) in [5, 5.41) is 3.53. The molecule has 1 aromatic rings. The van der Waals surface area contributed by atoms with Crippen LogP contribution in [0, 0.1) is 12.8 Å². The van der Waals surface area contributed by atoms with Gasteiger partial charge >= 0.3 is 0 Å². The lowest BCUT2D eigenvalue weighted by Gasteiger charge is -2.21. The zero-order valence-electron chi connectivity index (χ0n) is 11.2. The van der Waals surface area contributed by atoms with Crippen molar-refractivity contribution >= 4 is 5.69 Å². The van der Waals surface area contributed by atoms with Crippen molar-refractivity contribution in [2.24, 2.45) is 5.92 Å². The largest absolute Gasteiger partial charge is 0.384 e. The second-order valence-corrected chi connectivity index (χ2v) is 5.43. The minimum atomic E-state index is 0.753. The molecule has 1 aliphatic rings. The Bertz CT molecular complexity index is 362. The molecule has 94 valence electrons. The predicted molar refractivity (Wildman–Crippen MR) is 74.5 cm³/mol. The van der Waals surface area contributed by atoms with Gasteiger partial charge in [-0.3, -0.25) is 4.90 Å². The molecule has 0 saturated carbocycles. The van der Waals surface area contributed by atoms with E-state index in [0.717, 1.165) is 25.0 Å². The van der Waals surface area contributed by atoms with Gasteiger partial charge in [-0.2, -0.15) is 0 Å². The lowest BCUT2D eigenvalue weighted by molar-refractivity contribution is 0.275. The molecule has 1 aromatic carbocycles. The van der Waals surface area contributed by atoms with E-state index in [-0.39, 0.29) is 0 Å². The van der Waals surface area contributed by atoms with Crippen molar-refractivity contribution in [1.82, 2.24) is 4.90 Å². The van der Waals surface area contributed by atoms with Crippen LogP contribution in [-0.2, 0) is 0 Å². The summed E-state index contributed by atoms with van der Waals surface area (Å²) in [4.78, 5) is 2.59. The van der Waals surface area contributed by atoms with Crippen LogP contribution in [0.1, 0.15) is 25.8 Å². The van der Waals surface area contributed by atoms with Gasteiger partial charge in [-0.1, -0.05) is 25.1 Å². The molecule has 1 saturated heterocycles. The second kappa shape index (κ2) is 5.54. The lowest BCUT2D eigenvalue weighted by atomic mass is 10.1. The van der Waals surface area contributed by atoms with Gasteiger partial charge in [-0.25, -0.2) is 0 Å². The highest BCUT2D eigenvalue weighted by Gasteiger charge is 2.25. The number of hydrogen-bond acceptors (Lipinski definition) is 2. The van der Waals surface area contributed by atoms with Crippen LogP contribution >= 0.6 is 0 Å². The Labute approximate surface area is 105 Å². The molecule has 0 spiro atoms. The van der Waals surface area contributed by atoms with Crippen LogP contribution in [-0.4, -0.2) is 30.6 Å². The van der Waals surface area contributed by atoms with E-state index in [1.54, 1.807) is 0 Å². The van der Waals surface area contributed by atoms with Gasteiger partial charge in [0.05, 0.1) is 0 Å². The third-order valence-corrected chi connectivity index (χ3v) is 3.77. The van der Waals surface area contributed by atoms with Crippen molar-refractivity contribution in [3.05, 3.63) is 29.8 Å². The molecule has 2 atom stereocenters. The first-order valence-corrected chi connectivity index (χ1v) is 6.70. The summed E-state index contributed by atoms with van der Waals surface area (Å²) in [6.45, 7) is 10.3. The molecule has 0 amide bonds. The maximum atomic E-state index is 3.53. The number of rotatable bonds is 4. The molecule has 2 unspecified atom stereocenters. The highest BCUT2D eigenvalue weighted by molar-refractivity contribution is 5.50. The fraction of sp³-hybridized carbons (Fsp3) is 0.600. The molecule has 1 fully saturated rings. The lowest BCUT2D eigenvalue weighted by Crippen LogP contribution is -2.32. The first kappa shape index (κ1) is 12.4. The summed E-state index contributed by atoms with van der Waals surface area (Å²) in [7, 11) is 0. The molecule has 2 heteroatoms. The Balaban J connectivity index is 1.78. The minimum absolute atomic E-state index is 0.753. The average Bonchev–Trinajstić information content (AvgIpc) is 2.60. The van der Waals surface area contributed by atoms with Crippen molar-refractivity contribution in [2.45, 2.75) is 33.2 Å². The third-order valence-electron chi connectivity index (χ3n) is 3.77. The number of nitrogens with one attached hydrogen (secondary N) is 1. The van der Waals surface area contributed by atoms with Gasteiger partial charge in [0.15, 0.2) is 0 Å². The van der Waals surface area contributed by atoms with E-state index < -0.39 is 0 Å². The van der Waals surface area contributed by atoms with E-state index in [0.29, 0.717) is 0 Å². The van der Waals surface area contributed by atoms with E-state index in [4.69, 9.17) is 0 Å². The minimum Gasteiger partial charge on any atom is -0.384 e. The van der Waals surface area contributed by atoms with Gasteiger partial charge < -0.3 is 5.32 Å². The maximum Gasteiger partial charge on any atom is 0.0370 e. The zero-order chi connectivity index (χ0) is 12.3. The van der Waals surface area contributed by atoms with Gasteiger partial charge in [-0.05, 0) is 37.8 Å². The zero-order valence-corrected chi connectivity index (χ0v) is 11.2. The summed E-state index contributed by atoms with van der Waals surface area (Å²) in [6.07, 6.45) is 1.35. The topological polar surface area (TPSA) is 15.3 Å². The summed E-state index contributed by atoms with van der Waals surface area (Å²) in [5.41, 5.74) is 2.60. The van der Waals surface area contributed by atoms with Crippen molar-refractivity contribution in [3.8, 4) is 0 Å². The number of para-hydroxylation sites is 1. The van der Waals surface area contributed by atoms with E-state index in [1.807, 2.05) is 0 Å². The van der Waals surface area contributed by atoms with Crippen LogP contribution < -0.4 is 5.32 Å². The molecule has 1 heterocycles. The molecule has 2 nitrogen and oxygen atoms in total. The first-order valence-electron chi connectivity index (χ1n) is 6.70. The van der Waals surface area contributed by atoms with Crippen LogP contribution in [0.3, 0.4) is 0 Å². The van der Waals surface area contributed by atoms with E-state index >= 15 is 0 Å². The molecule has 17 heavy (non-hydrogen) atoms. The number of hydrogen-bond donors (Lipinski definition) is 1. The molecule has 0 bridgehead atoms. The SMILES string of the molecule is Cc1ccccc1NCCN1CC(C)CC1C. The number of likely N-dealkylation sites (tertiary alicyclic amines) is 1. The Morgan fingerprint density at radius 2 is 2.06 bits per heavy atom. The van der Waals surface area contributed by atoms with Crippen LogP contribution in [0.4, 0.5) is 5.69 Å². The highest BCUT2D eigenvalue weighted by Crippen LogP contribution is 2.21. The van der Waals surface area contributed by atoms with Crippen LogP contribution in [0.25, 0.3) is 0 Å². The molecule has 2 rings (SSSR count). The molecule has 1 N–H and O–H groups in total. The maximum absolute atomic E-state index is 3.53. The van der Waals surface area contributed by atoms with Crippen LogP contribution in [0.5, 0.6) is 0 Å². The first-order chi connectivity index (χ1) is 8.16. The fourth-order valence-electron chi connectivity index (χ4n) is 2.80. The molecular weight excluding hydrogens is 208 g/mol. The number of benzene rings is 1. The van der Waals surface area contributed by atoms with Gasteiger partial charge in [0.25, 0.3) is 0 Å². The number of anilines is 1. The molecular formula is C15H24N2. The number of nitrogens with zero attached hydrogens (tertiary/aromatic N) is 1. The van der Waals surface area contributed by atoms with Crippen molar-refractivity contribution in [1.29, 1.82) is 0 Å². The molecule has 0 aromatic heterocycles. The Morgan fingerprint density at radius 3 is 2.71 bits per heavy atom. The van der Waals surface area contributed by atoms with Gasteiger partial charge in [-0.15, -0.1) is 0 Å². The van der Waals surface area contributed by atoms with Gasteiger partial charge in [0.2, 0.25) is 0 Å².